The lowest BCUT2D eigenvalue weighted by molar-refractivity contribution is 0.270. The summed E-state index contributed by atoms with van der Waals surface area (Å²) in [6, 6.07) is 1.73. The van der Waals surface area contributed by atoms with Gasteiger partial charge in [0.1, 0.15) is 4.21 Å². The Morgan fingerprint density at radius 2 is 2.11 bits per heavy atom. The lowest BCUT2D eigenvalue weighted by Crippen LogP contribution is -2.45. The van der Waals surface area contributed by atoms with Gasteiger partial charge in [0, 0.05) is 18.6 Å². The first-order valence-electron chi connectivity index (χ1n) is 6.09. The molecule has 0 amide bonds. The Hall–Kier alpha value is -0.690. The van der Waals surface area contributed by atoms with Crippen LogP contribution < -0.4 is 5.32 Å². The zero-order valence-electron chi connectivity index (χ0n) is 11.9. The van der Waals surface area contributed by atoms with Crippen molar-refractivity contribution in [1.29, 1.82) is 0 Å². The lowest BCUT2D eigenvalue weighted by atomic mass is 10.1. The van der Waals surface area contributed by atoms with E-state index in [4.69, 9.17) is 0 Å². The summed E-state index contributed by atoms with van der Waals surface area (Å²) in [4.78, 5) is 0. The maximum atomic E-state index is 12.7. The molecule has 19 heavy (non-hydrogen) atoms. The van der Waals surface area contributed by atoms with Crippen LogP contribution in [-0.2, 0) is 16.6 Å². The number of nitrogens with zero attached hydrogens (tertiary/aromatic N) is 1. The fourth-order valence-corrected chi connectivity index (χ4v) is 4.82. The average Bonchev–Trinajstić information content (AvgIpc) is 2.74. The van der Waals surface area contributed by atoms with Gasteiger partial charge in [-0.15, -0.1) is 17.9 Å². The number of nitrogens with one attached hydrogen (secondary N) is 1. The second-order valence-corrected chi connectivity index (χ2v) is 8.30. The van der Waals surface area contributed by atoms with Crippen LogP contribution >= 0.6 is 11.3 Å². The number of hydrogen-bond donors (Lipinski definition) is 1. The molecule has 0 aliphatic heterocycles. The van der Waals surface area contributed by atoms with Gasteiger partial charge in [-0.3, -0.25) is 0 Å². The maximum Gasteiger partial charge on any atom is 0.253 e. The summed E-state index contributed by atoms with van der Waals surface area (Å²) in [5.74, 6) is 0. The Kier molecular flexibility index (Phi) is 5.32. The quantitative estimate of drug-likeness (QED) is 0.821. The van der Waals surface area contributed by atoms with Gasteiger partial charge in [0.05, 0.1) is 0 Å². The van der Waals surface area contributed by atoms with E-state index in [1.54, 1.807) is 12.1 Å². The molecule has 1 rings (SSSR count). The average molecular weight is 302 g/mol. The van der Waals surface area contributed by atoms with Gasteiger partial charge in [0.15, 0.2) is 0 Å². The van der Waals surface area contributed by atoms with Gasteiger partial charge >= 0.3 is 0 Å². The summed E-state index contributed by atoms with van der Waals surface area (Å²) >= 11 is 1.26. The highest BCUT2D eigenvalue weighted by Crippen LogP contribution is 2.28. The number of rotatable bonds is 6. The smallest absolute Gasteiger partial charge is 0.253 e. The van der Waals surface area contributed by atoms with Gasteiger partial charge in [-0.05, 0) is 44.8 Å². The number of thiophene rings is 1. The Bertz CT molecular complexity index is 527. The predicted molar refractivity (Wildman–Crippen MR) is 80.9 cm³/mol. The summed E-state index contributed by atoms with van der Waals surface area (Å²) in [5, 5.41) is 4.89. The van der Waals surface area contributed by atoms with Crippen LogP contribution in [0, 0.1) is 0 Å². The zero-order chi connectivity index (χ0) is 14.7. The lowest BCUT2D eigenvalue weighted by Gasteiger charge is -2.33. The van der Waals surface area contributed by atoms with Gasteiger partial charge in [-0.2, -0.15) is 4.31 Å². The van der Waals surface area contributed by atoms with E-state index < -0.39 is 15.6 Å². The van der Waals surface area contributed by atoms with E-state index in [9.17, 15) is 8.42 Å². The van der Waals surface area contributed by atoms with Gasteiger partial charge in [-0.25, -0.2) is 8.42 Å². The zero-order valence-corrected chi connectivity index (χ0v) is 13.6. The van der Waals surface area contributed by atoms with E-state index >= 15 is 0 Å². The highest BCUT2D eigenvalue weighted by molar-refractivity contribution is 7.91. The molecule has 1 aromatic heterocycles. The second-order valence-electron chi connectivity index (χ2n) is 5.30. The molecule has 108 valence electrons. The minimum Gasteiger partial charge on any atom is -0.316 e. The SMILES string of the molecule is C=CCN(C(C)(C)C)S(=O)(=O)c1cc(CNC)cs1. The summed E-state index contributed by atoms with van der Waals surface area (Å²) in [6.07, 6.45) is 1.62. The third kappa shape index (κ3) is 3.89. The summed E-state index contributed by atoms with van der Waals surface area (Å²) < 4.78 is 27.2. The molecular weight excluding hydrogens is 280 g/mol. The fraction of sp³-hybridized carbons (Fsp3) is 0.538. The second kappa shape index (κ2) is 6.17. The van der Waals surface area contributed by atoms with E-state index in [1.807, 2.05) is 33.2 Å². The van der Waals surface area contributed by atoms with Crippen LogP contribution in [-0.4, -0.2) is 31.9 Å². The van der Waals surface area contributed by atoms with Crippen LogP contribution in [0.25, 0.3) is 0 Å². The minimum absolute atomic E-state index is 0.311. The van der Waals surface area contributed by atoms with Crippen molar-refractivity contribution in [3.05, 3.63) is 29.7 Å². The first kappa shape index (κ1) is 16.4. The van der Waals surface area contributed by atoms with E-state index in [0.29, 0.717) is 17.3 Å². The number of hydrogen-bond acceptors (Lipinski definition) is 4. The molecule has 0 fully saturated rings. The fourth-order valence-electron chi connectivity index (χ4n) is 1.74. The normalized spacial score (nSPS) is 12.9. The molecule has 0 radical (unpaired) electrons. The Labute approximate surface area is 120 Å². The van der Waals surface area contributed by atoms with Crippen molar-refractivity contribution in [2.45, 2.75) is 37.1 Å². The summed E-state index contributed by atoms with van der Waals surface area (Å²) in [5.41, 5.74) is 0.513. The topological polar surface area (TPSA) is 49.4 Å². The molecule has 0 aliphatic rings. The van der Waals surface area contributed by atoms with Crippen molar-refractivity contribution in [2.75, 3.05) is 13.6 Å². The molecule has 4 nitrogen and oxygen atoms in total. The van der Waals surface area contributed by atoms with Crippen LogP contribution in [0.15, 0.2) is 28.3 Å². The largest absolute Gasteiger partial charge is 0.316 e. The first-order chi connectivity index (χ1) is 8.73. The minimum atomic E-state index is -3.47. The Morgan fingerprint density at radius 3 is 2.58 bits per heavy atom. The highest BCUT2D eigenvalue weighted by atomic mass is 32.2. The molecule has 6 heteroatoms. The molecule has 0 aromatic carbocycles. The molecule has 0 spiro atoms. The molecule has 0 atom stereocenters. The van der Waals surface area contributed by atoms with Gasteiger partial charge in [0.2, 0.25) is 0 Å². The summed E-state index contributed by atoms with van der Waals surface area (Å²) in [7, 11) is -1.63. The maximum absolute atomic E-state index is 12.7. The van der Waals surface area contributed by atoms with Crippen LogP contribution in [0.2, 0.25) is 0 Å². The third-order valence-electron chi connectivity index (χ3n) is 2.60. The molecule has 0 aliphatic carbocycles. The van der Waals surface area contributed by atoms with Crippen molar-refractivity contribution in [2.24, 2.45) is 0 Å². The van der Waals surface area contributed by atoms with Crippen molar-refractivity contribution in [1.82, 2.24) is 9.62 Å². The van der Waals surface area contributed by atoms with Crippen molar-refractivity contribution < 1.29 is 8.42 Å². The van der Waals surface area contributed by atoms with E-state index in [-0.39, 0.29) is 0 Å². The molecule has 0 bridgehead atoms. The van der Waals surface area contributed by atoms with Crippen LogP contribution in [0.1, 0.15) is 26.3 Å². The van der Waals surface area contributed by atoms with Crippen molar-refractivity contribution in [3.63, 3.8) is 0 Å². The van der Waals surface area contributed by atoms with Crippen molar-refractivity contribution in [3.8, 4) is 0 Å². The molecule has 0 saturated heterocycles. The van der Waals surface area contributed by atoms with Gasteiger partial charge in [-0.1, -0.05) is 6.08 Å². The van der Waals surface area contributed by atoms with Crippen LogP contribution in [0.5, 0.6) is 0 Å². The Balaban J connectivity index is 3.15. The molecule has 1 aromatic rings. The standard InChI is InChI=1S/C13H22N2O2S2/c1-6-7-15(13(2,3)4)19(16,17)12-8-11(9-14-5)10-18-12/h6,8,10,14H,1,7,9H2,2-5H3. The van der Waals surface area contributed by atoms with Crippen LogP contribution in [0.4, 0.5) is 0 Å². The Morgan fingerprint density at radius 1 is 1.47 bits per heavy atom. The molecule has 0 saturated carbocycles. The van der Waals surface area contributed by atoms with E-state index in [0.717, 1.165) is 5.56 Å². The molecule has 0 unspecified atom stereocenters. The highest BCUT2D eigenvalue weighted by Gasteiger charge is 2.33. The monoisotopic (exact) mass is 302 g/mol. The van der Waals surface area contributed by atoms with Gasteiger partial charge in [0.25, 0.3) is 10.0 Å². The van der Waals surface area contributed by atoms with E-state index in [2.05, 4.69) is 11.9 Å². The van der Waals surface area contributed by atoms with Crippen LogP contribution in [0.3, 0.4) is 0 Å². The third-order valence-corrected chi connectivity index (χ3v) is 6.19. The first-order valence-corrected chi connectivity index (χ1v) is 8.41. The van der Waals surface area contributed by atoms with E-state index in [1.165, 1.54) is 15.6 Å². The van der Waals surface area contributed by atoms with Crippen molar-refractivity contribution >= 4 is 21.4 Å². The molecule has 1 N–H and O–H groups in total. The summed E-state index contributed by atoms with van der Waals surface area (Å²) in [6.45, 7) is 10.3. The predicted octanol–water partition coefficient (Wildman–Crippen LogP) is 2.44. The number of sulfonamides is 1. The molecular formula is C13H22N2O2S2. The van der Waals surface area contributed by atoms with Gasteiger partial charge < -0.3 is 5.32 Å². The molecule has 1 heterocycles.